The summed E-state index contributed by atoms with van der Waals surface area (Å²) in [6.45, 7) is 0.825. The number of pyridine rings is 1. The second-order valence-electron chi connectivity index (χ2n) is 7.80. The Morgan fingerprint density at radius 2 is 1.68 bits per heavy atom. The van der Waals surface area contributed by atoms with Gasteiger partial charge in [0, 0.05) is 18.0 Å². The lowest BCUT2D eigenvalue weighted by Crippen LogP contribution is -2.40. The van der Waals surface area contributed by atoms with Gasteiger partial charge in [-0.2, -0.15) is 0 Å². The molecule has 6 heteroatoms. The Kier molecular flexibility index (Phi) is 6.67. The number of thiocarbonyl (C=S) groups is 1. The van der Waals surface area contributed by atoms with Crippen LogP contribution in [0, 0.1) is 0 Å². The van der Waals surface area contributed by atoms with Crippen molar-refractivity contribution < 1.29 is 9.47 Å². The third kappa shape index (κ3) is 5.14. The second kappa shape index (κ2) is 9.79. The van der Waals surface area contributed by atoms with Crippen molar-refractivity contribution in [3.05, 3.63) is 78.5 Å². The average Bonchev–Trinajstić information content (AvgIpc) is 3.30. The van der Waals surface area contributed by atoms with Crippen LogP contribution < -0.4 is 20.1 Å². The fraction of sp³-hybridized carbons (Fsp3) is 0.280. The average molecular weight is 434 g/mol. The smallest absolute Gasteiger partial charge is 0.219 e. The van der Waals surface area contributed by atoms with Crippen LogP contribution in [0.25, 0.3) is 0 Å². The molecule has 1 aliphatic rings. The SMILES string of the molecule is COc1ccccc1Oc1ccc(NC(=S)NCC2(c3ccccc3)CCCC2)cn1. The molecule has 3 aromatic rings. The number of nitrogens with zero attached hydrogens (tertiary/aromatic N) is 1. The fourth-order valence-electron chi connectivity index (χ4n) is 4.17. The predicted molar refractivity (Wildman–Crippen MR) is 128 cm³/mol. The van der Waals surface area contributed by atoms with Crippen molar-refractivity contribution in [1.29, 1.82) is 0 Å². The zero-order chi connectivity index (χ0) is 21.5. The van der Waals surface area contributed by atoms with E-state index in [9.17, 15) is 0 Å². The van der Waals surface area contributed by atoms with Gasteiger partial charge >= 0.3 is 0 Å². The Hall–Kier alpha value is -3.12. The van der Waals surface area contributed by atoms with Gasteiger partial charge in [-0.3, -0.25) is 0 Å². The maximum Gasteiger partial charge on any atom is 0.219 e. The number of ether oxygens (including phenoxy) is 2. The summed E-state index contributed by atoms with van der Waals surface area (Å²) < 4.78 is 11.1. The van der Waals surface area contributed by atoms with E-state index in [-0.39, 0.29) is 5.41 Å². The first-order valence-electron chi connectivity index (χ1n) is 10.6. The molecule has 5 nitrogen and oxygen atoms in total. The van der Waals surface area contributed by atoms with E-state index in [0.29, 0.717) is 22.5 Å². The van der Waals surface area contributed by atoms with Crippen LogP contribution in [-0.2, 0) is 5.41 Å². The van der Waals surface area contributed by atoms with Gasteiger partial charge in [0.15, 0.2) is 16.6 Å². The molecule has 160 valence electrons. The molecule has 1 saturated carbocycles. The number of para-hydroxylation sites is 2. The monoisotopic (exact) mass is 433 g/mol. The van der Waals surface area contributed by atoms with Crippen LogP contribution in [0.4, 0.5) is 5.69 Å². The van der Waals surface area contributed by atoms with Gasteiger partial charge in [0.25, 0.3) is 0 Å². The highest BCUT2D eigenvalue weighted by atomic mass is 32.1. The molecule has 0 amide bonds. The van der Waals surface area contributed by atoms with Gasteiger partial charge < -0.3 is 20.1 Å². The number of nitrogens with one attached hydrogen (secondary N) is 2. The Morgan fingerprint density at radius 3 is 2.35 bits per heavy atom. The minimum atomic E-state index is 0.150. The lowest BCUT2D eigenvalue weighted by molar-refractivity contribution is 0.374. The standard InChI is InChI=1S/C25H27N3O2S/c1-29-21-11-5-6-12-22(21)30-23-14-13-20(17-26-23)28-24(31)27-18-25(15-7-8-16-25)19-9-3-2-4-10-19/h2-6,9-14,17H,7-8,15-16,18H2,1H3,(H2,27,28,31). The zero-order valence-corrected chi connectivity index (χ0v) is 18.5. The number of hydrogen-bond acceptors (Lipinski definition) is 4. The van der Waals surface area contributed by atoms with Gasteiger partial charge in [-0.15, -0.1) is 0 Å². The van der Waals surface area contributed by atoms with Crippen molar-refractivity contribution in [3.63, 3.8) is 0 Å². The molecule has 0 spiro atoms. The van der Waals surface area contributed by atoms with E-state index in [1.807, 2.05) is 30.3 Å². The van der Waals surface area contributed by atoms with E-state index in [1.54, 1.807) is 19.4 Å². The highest BCUT2D eigenvalue weighted by Crippen LogP contribution is 2.40. The van der Waals surface area contributed by atoms with Crippen molar-refractivity contribution >= 4 is 23.0 Å². The first-order chi connectivity index (χ1) is 15.2. The molecule has 2 aromatic carbocycles. The van der Waals surface area contributed by atoms with Gasteiger partial charge in [0.1, 0.15) is 0 Å². The van der Waals surface area contributed by atoms with E-state index < -0.39 is 0 Å². The van der Waals surface area contributed by atoms with Crippen LogP contribution in [0.5, 0.6) is 17.4 Å². The third-order valence-corrected chi connectivity index (χ3v) is 6.06. The number of benzene rings is 2. The molecule has 1 fully saturated rings. The van der Waals surface area contributed by atoms with Crippen molar-refractivity contribution in [2.45, 2.75) is 31.1 Å². The highest BCUT2D eigenvalue weighted by molar-refractivity contribution is 7.80. The largest absolute Gasteiger partial charge is 0.493 e. The molecule has 31 heavy (non-hydrogen) atoms. The first-order valence-corrected chi connectivity index (χ1v) is 11.0. The third-order valence-electron chi connectivity index (χ3n) is 5.81. The predicted octanol–water partition coefficient (Wildman–Crippen LogP) is 5.68. The van der Waals surface area contributed by atoms with Crippen molar-refractivity contribution in [1.82, 2.24) is 10.3 Å². The summed E-state index contributed by atoms with van der Waals surface area (Å²) in [6, 6.07) is 22.0. The molecule has 0 saturated heterocycles. The number of rotatable bonds is 7. The molecule has 4 rings (SSSR count). The van der Waals surface area contributed by atoms with E-state index in [0.717, 1.165) is 12.2 Å². The van der Waals surface area contributed by atoms with E-state index >= 15 is 0 Å². The van der Waals surface area contributed by atoms with Gasteiger partial charge in [-0.1, -0.05) is 55.3 Å². The molecule has 0 bridgehead atoms. The van der Waals surface area contributed by atoms with Gasteiger partial charge in [-0.25, -0.2) is 4.98 Å². The molecule has 0 aliphatic heterocycles. The number of hydrogen-bond donors (Lipinski definition) is 2. The molecule has 0 unspecified atom stereocenters. The minimum absolute atomic E-state index is 0.150. The quantitative estimate of drug-likeness (QED) is 0.468. The summed E-state index contributed by atoms with van der Waals surface area (Å²) in [7, 11) is 1.62. The van der Waals surface area contributed by atoms with Crippen molar-refractivity contribution in [2.75, 3.05) is 19.0 Å². The Balaban J connectivity index is 1.34. The maximum atomic E-state index is 5.83. The summed E-state index contributed by atoms with van der Waals surface area (Å²) in [5.74, 6) is 1.78. The van der Waals surface area contributed by atoms with Crippen LogP contribution in [0.1, 0.15) is 31.2 Å². The van der Waals surface area contributed by atoms with Crippen LogP contribution in [0.3, 0.4) is 0 Å². The Bertz CT molecular complexity index is 1000. The molecular weight excluding hydrogens is 406 g/mol. The Morgan fingerprint density at radius 1 is 0.968 bits per heavy atom. The first kappa shape index (κ1) is 21.1. The molecule has 1 aliphatic carbocycles. The lowest BCUT2D eigenvalue weighted by atomic mass is 9.79. The topological polar surface area (TPSA) is 55.4 Å². The summed E-state index contributed by atoms with van der Waals surface area (Å²) in [4.78, 5) is 4.37. The van der Waals surface area contributed by atoms with Crippen LogP contribution in [-0.4, -0.2) is 23.8 Å². The molecular formula is C25H27N3O2S. The van der Waals surface area contributed by atoms with E-state index in [4.69, 9.17) is 21.7 Å². The summed E-state index contributed by atoms with van der Waals surface area (Å²) in [6.07, 6.45) is 6.59. The lowest BCUT2D eigenvalue weighted by Gasteiger charge is -2.30. The highest BCUT2D eigenvalue weighted by Gasteiger charge is 2.35. The molecule has 1 heterocycles. The summed E-state index contributed by atoms with van der Waals surface area (Å²) in [5, 5.41) is 7.25. The number of aromatic nitrogens is 1. The van der Waals surface area contributed by atoms with E-state index in [2.05, 4.69) is 45.9 Å². The Labute approximate surface area is 188 Å². The summed E-state index contributed by atoms with van der Waals surface area (Å²) >= 11 is 5.54. The van der Waals surface area contributed by atoms with Crippen molar-refractivity contribution in [3.8, 4) is 17.4 Å². The van der Waals surface area contributed by atoms with Gasteiger partial charge in [0.2, 0.25) is 5.88 Å². The van der Waals surface area contributed by atoms with Crippen molar-refractivity contribution in [2.24, 2.45) is 0 Å². The maximum absolute atomic E-state index is 5.83. The number of anilines is 1. The normalized spacial score (nSPS) is 14.6. The molecule has 0 radical (unpaired) electrons. The van der Waals surface area contributed by atoms with Crippen LogP contribution in [0.15, 0.2) is 72.9 Å². The molecule has 2 N–H and O–H groups in total. The van der Waals surface area contributed by atoms with Gasteiger partial charge in [0.05, 0.1) is 19.0 Å². The van der Waals surface area contributed by atoms with Gasteiger partial charge in [-0.05, 0) is 48.8 Å². The van der Waals surface area contributed by atoms with E-state index in [1.165, 1.54) is 31.2 Å². The zero-order valence-electron chi connectivity index (χ0n) is 17.6. The number of methoxy groups -OCH3 is 1. The fourth-order valence-corrected chi connectivity index (χ4v) is 4.36. The molecule has 0 atom stereocenters. The second-order valence-corrected chi connectivity index (χ2v) is 8.21. The molecule has 1 aromatic heterocycles. The minimum Gasteiger partial charge on any atom is -0.493 e. The van der Waals surface area contributed by atoms with Crippen LogP contribution in [0.2, 0.25) is 0 Å². The van der Waals surface area contributed by atoms with Crippen LogP contribution >= 0.6 is 12.2 Å². The summed E-state index contributed by atoms with van der Waals surface area (Å²) in [5.41, 5.74) is 2.35.